The number of anilines is 1. The second-order valence-electron chi connectivity index (χ2n) is 6.03. The van der Waals surface area contributed by atoms with Crippen LogP contribution in [-0.4, -0.2) is 19.7 Å². The maximum atomic E-state index is 14.2. The minimum absolute atomic E-state index is 0.181. The number of nitrogens with zero attached hydrogens (tertiary/aromatic N) is 3. The average molecular weight is 348 g/mol. The van der Waals surface area contributed by atoms with Crippen LogP contribution in [0.2, 0.25) is 0 Å². The third-order valence-corrected chi connectivity index (χ3v) is 4.28. The molecule has 4 rings (SSSR count). The summed E-state index contributed by atoms with van der Waals surface area (Å²) in [6.07, 6.45) is 1.64. The summed E-state index contributed by atoms with van der Waals surface area (Å²) in [6, 6.07) is 17.0. The molecule has 0 fully saturated rings. The summed E-state index contributed by atoms with van der Waals surface area (Å²) in [4.78, 5) is 4.50. The number of nitrogens with one attached hydrogen (secondary N) is 1. The first kappa shape index (κ1) is 16.1. The highest BCUT2D eigenvalue weighted by Gasteiger charge is 2.15. The highest BCUT2D eigenvalue weighted by atomic mass is 19.1. The van der Waals surface area contributed by atoms with Crippen molar-refractivity contribution in [1.29, 1.82) is 0 Å². The number of para-hydroxylation sites is 1. The van der Waals surface area contributed by atoms with Crippen molar-refractivity contribution in [2.75, 3.05) is 5.32 Å². The van der Waals surface area contributed by atoms with Gasteiger partial charge in [-0.05, 0) is 25.1 Å². The molecule has 1 unspecified atom stereocenters. The average Bonchev–Trinajstić information content (AvgIpc) is 3.11. The molecule has 2 heterocycles. The number of fused-ring (bicyclic) bond motifs is 1. The lowest BCUT2D eigenvalue weighted by molar-refractivity contribution is 0.465. The van der Waals surface area contributed by atoms with Crippen molar-refractivity contribution < 1.29 is 9.50 Å². The smallest absolute Gasteiger partial charge is 0.157 e. The van der Waals surface area contributed by atoms with Gasteiger partial charge in [0.15, 0.2) is 5.65 Å². The fraction of sp³-hybridized carbons (Fsp3) is 0.100. The summed E-state index contributed by atoms with van der Waals surface area (Å²) < 4.78 is 15.9. The predicted octanol–water partition coefficient (Wildman–Crippen LogP) is 4.41. The number of hydrogen-bond donors (Lipinski definition) is 2. The van der Waals surface area contributed by atoms with E-state index >= 15 is 0 Å². The lowest BCUT2D eigenvalue weighted by Crippen LogP contribution is -2.11. The molecule has 2 aromatic heterocycles. The summed E-state index contributed by atoms with van der Waals surface area (Å²) in [5.41, 5.74) is 2.31. The van der Waals surface area contributed by atoms with Crippen molar-refractivity contribution in [2.24, 2.45) is 0 Å². The number of rotatable bonds is 4. The van der Waals surface area contributed by atoms with E-state index in [1.807, 2.05) is 19.1 Å². The molecule has 6 heteroatoms. The quantitative estimate of drug-likeness (QED) is 0.573. The van der Waals surface area contributed by atoms with Crippen LogP contribution in [0.3, 0.4) is 0 Å². The third-order valence-electron chi connectivity index (χ3n) is 4.28. The molecule has 4 aromatic rings. The SMILES string of the molecule is CC(Nc1cc(-c2ccccc2F)nc2ccnn12)c1ccccc1O. The zero-order valence-electron chi connectivity index (χ0n) is 14.1. The molecule has 1 atom stereocenters. The lowest BCUT2D eigenvalue weighted by Gasteiger charge is -2.18. The van der Waals surface area contributed by atoms with E-state index in [1.54, 1.807) is 53.2 Å². The van der Waals surface area contributed by atoms with Gasteiger partial charge in [-0.15, -0.1) is 0 Å². The van der Waals surface area contributed by atoms with E-state index in [2.05, 4.69) is 15.4 Å². The Hall–Kier alpha value is -3.41. The van der Waals surface area contributed by atoms with Gasteiger partial charge in [-0.1, -0.05) is 30.3 Å². The van der Waals surface area contributed by atoms with Crippen LogP contribution in [0.5, 0.6) is 5.75 Å². The first-order valence-electron chi connectivity index (χ1n) is 8.27. The van der Waals surface area contributed by atoms with Gasteiger partial charge in [-0.25, -0.2) is 9.37 Å². The molecular weight excluding hydrogens is 331 g/mol. The fourth-order valence-electron chi connectivity index (χ4n) is 2.98. The van der Waals surface area contributed by atoms with Gasteiger partial charge in [-0.2, -0.15) is 9.61 Å². The van der Waals surface area contributed by atoms with E-state index in [1.165, 1.54) is 6.07 Å². The summed E-state index contributed by atoms with van der Waals surface area (Å²) in [5, 5.41) is 17.7. The van der Waals surface area contributed by atoms with Gasteiger partial charge in [0.25, 0.3) is 0 Å². The van der Waals surface area contributed by atoms with Crippen LogP contribution in [0.4, 0.5) is 10.2 Å². The van der Waals surface area contributed by atoms with Crippen LogP contribution in [0.1, 0.15) is 18.5 Å². The van der Waals surface area contributed by atoms with Gasteiger partial charge in [0.2, 0.25) is 0 Å². The minimum Gasteiger partial charge on any atom is -0.508 e. The summed E-state index contributed by atoms with van der Waals surface area (Å²) in [5.74, 6) is 0.546. The summed E-state index contributed by atoms with van der Waals surface area (Å²) in [6.45, 7) is 1.94. The number of hydrogen-bond acceptors (Lipinski definition) is 4. The number of benzene rings is 2. The molecular formula is C20H17FN4O. The van der Waals surface area contributed by atoms with Crippen molar-refractivity contribution in [1.82, 2.24) is 14.6 Å². The van der Waals surface area contributed by atoms with Gasteiger partial charge in [0, 0.05) is 23.3 Å². The number of aromatic hydroxyl groups is 1. The number of aromatic nitrogens is 3. The van der Waals surface area contributed by atoms with Crippen LogP contribution < -0.4 is 5.32 Å². The lowest BCUT2D eigenvalue weighted by atomic mass is 10.1. The largest absolute Gasteiger partial charge is 0.508 e. The van der Waals surface area contributed by atoms with Crippen molar-refractivity contribution in [3.05, 3.63) is 78.2 Å². The van der Waals surface area contributed by atoms with E-state index in [0.717, 1.165) is 5.56 Å². The Morgan fingerprint density at radius 1 is 1.08 bits per heavy atom. The van der Waals surface area contributed by atoms with Crippen LogP contribution in [0.25, 0.3) is 16.9 Å². The molecule has 0 saturated heterocycles. The van der Waals surface area contributed by atoms with Crippen molar-refractivity contribution in [3.8, 4) is 17.0 Å². The van der Waals surface area contributed by atoms with E-state index in [-0.39, 0.29) is 17.6 Å². The molecule has 0 spiro atoms. The molecule has 26 heavy (non-hydrogen) atoms. The van der Waals surface area contributed by atoms with Crippen molar-refractivity contribution in [2.45, 2.75) is 13.0 Å². The molecule has 0 radical (unpaired) electrons. The predicted molar refractivity (Wildman–Crippen MR) is 98.5 cm³/mol. The Morgan fingerprint density at radius 2 is 1.85 bits per heavy atom. The molecule has 0 aliphatic carbocycles. The number of halogens is 1. The normalized spacial score (nSPS) is 12.2. The zero-order chi connectivity index (χ0) is 18.1. The Balaban J connectivity index is 1.78. The first-order valence-corrected chi connectivity index (χ1v) is 8.27. The standard InChI is InChI=1S/C20H17FN4O/c1-13(14-6-3-5-9-18(14)26)23-20-12-17(15-7-2-4-8-16(15)21)24-19-10-11-22-25(19)20/h2-13,23,26H,1H3. The minimum atomic E-state index is -0.330. The molecule has 5 nitrogen and oxygen atoms in total. The second-order valence-corrected chi connectivity index (χ2v) is 6.03. The van der Waals surface area contributed by atoms with Crippen LogP contribution in [-0.2, 0) is 0 Å². The Bertz CT molecular complexity index is 1080. The second kappa shape index (κ2) is 6.48. The third kappa shape index (κ3) is 2.86. The zero-order valence-corrected chi connectivity index (χ0v) is 14.1. The van der Waals surface area contributed by atoms with Gasteiger partial charge in [0.1, 0.15) is 17.4 Å². The number of phenolic OH excluding ortho intramolecular Hbond substituents is 1. The molecule has 0 aliphatic rings. The monoisotopic (exact) mass is 348 g/mol. The Kier molecular flexibility index (Phi) is 4.01. The highest BCUT2D eigenvalue weighted by Crippen LogP contribution is 2.29. The highest BCUT2D eigenvalue weighted by molar-refractivity contribution is 5.67. The molecule has 2 N–H and O–H groups in total. The van der Waals surface area contributed by atoms with Crippen LogP contribution in [0, 0.1) is 5.82 Å². The first-order chi connectivity index (χ1) is 12.6. The maximum absolute atomic E-state index is 14.2. The van der Waals surface area contributed by atoms with Crippen molar-refractivity contribution in [3.63, 3.8) is 0 Å². The molecule has 2 aromatic carbocycles. The number of phenols is 1. The van der Waals surface area contributed by atoms with Crippen molar-refractivity contribution >= 4 is 11.5 Å². The Morgan fingerprint density at radius 3 is 2.65 bits per heavy atom. The van der Waals surface area contributed by atoms with Gasteiger partial charge in [-0.3, -0.25) is 0 Å². The molecule has 0 bridgehead atoms. The van der Waals surface area contributed by atoms with E-state index in [9.17, 15) is 9.50 Å². The molecule has 0 saturated carbocycles. The molecule has 130 valence electrons. The summed E-state index contributed by atoms with van der Waals surface area (Å²) >= 11 is 0. The van der Waals surface area contributed by atoms with E-state index in [4.69, 9.17) is 0 Å². The van der Waals surface area contributed by atoms with Gasteiger partial charge in [0.05, 0.1) is 17.9 Å². The maximum Gasteiger partial charge on any atom is 0.157 e. The van der Waals surface area contributed by atoms with Gasteiger partial charge < -0.3 is 10.4 Å². The molecule has 0 amide bonds. The van der Waals surface area contributed by atoms with E-state index in [0.29, 0.717) is 22.7 Å². The Labute approximate surface area is 149 Å². The van der Waals surface area contributed by atoms with Crippen LogP contribution >= 0.6 is 0 Å². The topological polar surface area (TPSA) is 62.5 Å². The van der Waals surface area contributed by atoms with Gasteiger partial charge >= 0.3 is 0 Å². The fourth-order valence-corrected chi connectivity index (χ4v) is 2.98. The summed E-state index contributed by atoms with van der Waals surface area (Å²) in [7, 11) is 0. The molecule has 0 aliphatic heterocycles. The van der Waals surface area contributed by atoms with Crippen LogP contribution in [0.15, 0.2) is 66.9 Å². The van der Waals surface area contributed by atoms with E-state index < -0.39 is 0 Å².